The summed E-state index contributed by atoms with van der Waals surface area (Å²) in [5.41, 5.74) is 2.00. The number of likely N-dealkylation sites (N-methyl/N-ethyl adjacent to an activating group) is 1. The minimum atomic E-state index is -0.277. The number of anilines is 1. The fraction of sp³-hybridized carbons (Fsp3) is 0.217. The third kappa shape index (κ3) is 5.96. The number of hydrogen-bond donors (Lipinski definition) is 3. The third-order valence-corrected chi connectivity index (χ3v) is 4.58. The Morgan fingerprint density at radius 2 is 1.80 bits per heavy atom. The molecule has 7 heteroatoms. The zero-order chi connectivity index (χ0) is 21.3. The van der Waals surface area contributed by atoms with Gasteiger partial charge in [0.05, 0.1) is 38.2 Å². The predicted octanol–water partition coefficient (Wildman–Crippen LogP) is 1.87. The lowest BCUT2D eigenvalue weighted by Crippen LogP contribution is -3.08. The number of hydrogen-bond acceptors (Lipinski definition) is 4. The molecule has 0 spiro atoms. The van der Waals surface area contributed by atoms with Gasteiger partial charge in [-0.25, -0.2) is 0 Å². The molecule has 3 rings (SSSR count). The summed E-state index contributed by atoms with van der Waals surface area (Å²) in [6.07, 6.45) is 1.56. The van der Waals surface area contributed by atoms with Gasteiger partial charge in [-0.3, -0.25) is 9.59 Å². The number of benzene rings is 2. The van der Waals surface area contributed by atoms with Gasteiger partial charge in [-0.2, -0.15) is 0 Å². The first-order chi connectivity index (χ1) is 14.5. The second kappa shape index (κ2) is 10.3. The van der Waals surface area contributed by atoms with Crippen molar-refractivity contribution in [3.8, 4) is 5.75 Å². The van der Waals surface area contributed by atoms with Crippen molar-refractivity contribution in [3.63, 3.8) is 0 Å². The molecule has 1 aromatic heterocycles. The van der Waals surface area contributed by atoms with Crippen LogP contribution in [-0.2, 0) is 17.9 Å². The SMILES string of the molecule is COc1ccc(C[NH+](C)CC(=O)Nc2ccccc2C(=O)NCc2ccco2)cc1. The summed E-state index contributed by atoms with van der Waals surface area (Å²) in [6.45, 7) is 1.25. The summed E-state index contributed by atoms with van der Waals surface area (Å²) in [7, 11) is 3.58. The van der Waals surface area contributed by atoms with E-state index in [9.17, 15) is 9.59 Å². The van der Waals surface area contributed by atoms with E-state index in [2.05, 4.69) is 10.6 Å². The summed E-state index contributed by atoms with van der Waals surface area (Å²) in [6, 6.07) is 18.3. The van der Waals surface area contributed by atoms with Crippen LogP contribution in [0.3, 0.4) is 0 Å². The maximum absolute atomic E-state index is 12.5. The summed E-state index contributed by atoms with van der Waals surface area (Å²) < 4.78 is 10.4. The molecule has 0 saturated carbocycles. The molecule has 1 heterocycles. The highest BCUT2D eigenvalue weighted by atomic mass is 16.5. The molecule has 2 amide bonds. The molecule has 3 N–H and O–H groups in total. The van der Waals surface area contributed by atoms with Gasteiger partial charge in [0.1, 0.15) is 18.1 Å². The molecule has 0 aliphatic carbocycles. The van der Waals surface area contributed by atoms with E-state index in [-0.39, 0.29) is 24.9 Å². The van der Waals surface area contributed by atoms with Gasteiger partial charge in [-0.15, -0.1) is 0 Å². The molecule has 30 heavy (non-hydrogen) atoms. The number of para-hydroxylation sites is 1. The molecular formula is C23H26N3O4+. The molecule has 0 aliphatic heterocycles. The van der Waals surface area contributed by atoms with E-state index in [1.54, 1.807) is 49.8 Å². The number of ether oxygens (including phenoxy) is 1. The van der Waals surface area contributed by atoms with E-state index in [1.807, 2.05) is 31.3 Å². The molecular weight excluding hydrogens is 382 g/mol. The number of furan rings is 1. The fourth-order valence-corrected chi connectivity index (χ4v) is 3.09. The molecule has 0 fully saturated rings. The lowest BCUT2D eigenvalue weighted by molar-refractivity contribution is -0.885. The van der Waals surface area contributed by atoms with Crippen LogP contribution in [0.2, 0.25) is 0 Å². The number of rotatable bonds is 9. The molecule has 156 valence electrons. The van der Waals surface area contributed by atoms with E-state index in [4.69, 9.17) is 9.15 Å². The number of nitrogens with one attached hydrogen (secondary N) is 3. The average molecular weight is 408 g/mol. The van der Waals surface area contributed by atoms with Crippen LogP contribution in [0.5, 0.6) is 5.75 Å². The zero-order valence-electron chi connectivity index (χ0n) is 17.1. The number of carbonyl (C=O) groups is 2. The number of quaternary nitrogens is 1. The predicted molar refractivity (Wildman–Crippen MR) is 113 cm³/mol. The number of methoxy groups -OCH3 is 1. The van der Waals surface area contributed by atoms with Gasteiger partial charge in [0, 0.05) is 5.56 Å². The van der Waals surface area contributed by atoms with Crippen LogP contribution in [0.1, 0.15) is 21.7 Å². The van der Waals surface area contributed by atoms with Gasteiger partial charge >= 0.3 is 0 Å². The maximum atomic E-state index is 12.5. The smallest absolute Gasteiger partial charge is 0.279 e. The second-order valence-electron chi connectivity index (χ2n) is 7.01. The quantitative estimate of drug-likeness (QED) is 0.505. The minimum absolute atomic E-state index is 0.160. The molecule has 1 atom stereocenters. The highest BCUT2D eigenvalue weighted by Gasteiger charge is 2.16. The lowest BCUT2D eigenvalue weighted by Gasteiger charge is -2.15. The molecule has 2 aromatic carbocycles. The Labute approximate surface area is 175 Å². The topological polar surface area (TPSA) is 85.0 Å². The molecule has 0 radical (unpaired) electrons. The Hall–Kier alpha value is -3.58. The average Bonchev–Trinajstić information content (AvgIpc) is 3.26. The Bertz CT molecular complexity index is 968. The van der Waals surface area contributed by atoms with Crippen LogP contribution in [0, 0.1) is 0 Å². The van der Waals surface area contributed by atoms with E-state index < -0.39 is 0 Å². The van der Waals surface area contributed by atoms with Gasteiger partial charge in [0.25, 0.3) is 11.8 Å². The molecule has 0 aliphatic rings. The number of carbonyl (C=O) groups excluding carboxylic acids is 2. The second-order valence-corrected chi connectivity index (χ2v) is 7.01. The minimum Gasteiger partial charge on any atom is -0.497 e. The van der Waals surface area contributed by atoms with E-state index in [0.29, 0.717) is 23.6 Å². The fourth-order valence-electron chi connectivity index (χ4n) is 3.09. The Morgan fingerprint density at radius 1 is 1.03 bits per heavy atom. The summed E-state index contributed by atoms with van der Waals surface area (Å²) in [4.78, 5) is 26.1. The standard InChI is InChI=1S/C23H25N3O4/c1-26(15-17-9-11-18(29-2)12-10-17)16-22(27)25-21-8-4-3-7-20(21)23(28)24-14-19-6-5-13-30-19/h3-13H,14-16H2,1-2H3,(H,24,28)(H,25,27)/p+1. The maximum Gasteiger partial charge on any atom is 0.279 e. The van der Waals surface area contributed by atoms with Crippen LogP contribution in [-0.4, -0.2) is 32.5 Å². The number of amides is 2. The van der Waals surface area contributed by atoms with Crippen LogP contribution < -0.4 is 20.3 Å². The molecule has 0 saturated heterocycles. The first kappa shape index (κ1) is 21.1. The van der Waals surface area contributed by atoms with Crippen LogP contribution in [0.15, 0.2) is 71.3 Å². The first-order valence-electron chi connectivity index (χ1n) is 9.69. The van der Waals surface area contributed by atoms with Crippen molar-refractivity contribution in [1.29, 1.82) is 0 Å². The highest BCUT2D eigenvalue weighted by molar-refractivity contribution is 6.03. The van der Waals surface area contributed by atoms with Crippen molar-refractivity contribution < 1.29 is 23.6 Å². The van der Waals surface area contributed by atoms with Gasteiger partial charge in [0.15, 0.2) is 6.54 Å². The Kier molecular flexibility index (Phi) is 7.24. The normalized spacial score (nSPS) is 11.5. The summed E-state index contributed by atoms with van der Waals surface area (Å²) >= 11 is 0. The van der Waals surface area contributed by atoms with Crippen LogP contribution in [0.25, 0.3) is 0 Å². The van der Waals surface area contributed by atoms with Crippen molar-refractivity contribution >= 4 is 17.5 Å². The molecule has 0 bridgehead atoms. The summed E-state index contributed by atoms with van der Waals surface area (Å²) in [5.74, 6) is 1.03. The van der Waals surface area contributed by atoms with E-state index in [1.165, 1.54) is 0 Å². The highest BCUT2D eigenvalue weighted by Crippen LogP contribution is 2.15. The summed E-state index contributed by atoms with van der Waals surface area (Å²) in [5, 5.41) is 5.65. The van der Waals surface area contributed by atoms with Crippen molar-refractivity contribution in [3.05, 3.63) is 83.8 Å². The van der Waals surface area contributed by atoms with Gasteiger partial charge in [0.2, 0.25) is 0 Å². The van der Waals surface area contributed by atoms with Gasteiger partial charge < -0.3 is 24.7 Å². The van der Waals surface area contributed by atoms with Crippen molar-refractivity contribution in [2.75, 3.05) is 26.0 Å². The lowest BCUT2D eigenvalue weighted by atomic mass is 10.1. The zero-order valence-corrected chi connectivity index (χ0v) is 17.1. The van der Waals surface area contributed by atoms with Crippen molar-refractivity contribution in [1.82, 2.24) is 5.32 Å². The Balaban J connectivity index is 1.55. The van der Waals surface area contributed by atoms with Gasteiger partial charge in [-0.05, 0) is 48.5 Å². The van der Waals surface area contributed by atoms with E-state index >= 15 is 0 Å². The first-order valence-corrected chi connectivity index (χ1v) is 9.69. The van der Waals surface area contributed by atoms with Crippen LogP contribution in [0.4, 0.5) is 5.69 Å². The molecule has 1 unspecified atom stereocenters. The van der Waals surface area contributed by atoms with E-state index in [0.717, 1.165) is 16.2 Å². The monoisotopic (exact) mass is 408 g/mol. The van der Waals surface area contributed by atoms with Gasteiger partial charge in [-0.1, -0.05) is 12.1 Å². The molecule has 3 aromatic rings. The molecule has 7 nitrogen and oxygen atoms in total. The largest absolute Gasteiger partial charge is 0.497 e. The third-order valence-electron chi connectivity index (χ3n) is 4.58. The van der Waals surface area contributed by atoms with Crippen LogP contribution >= 0.6 is 0 Å². The van der Waals surface area contributed by atoms with Crippen molar-refractivity contribution in [2.24, 2.45) is 0 Å². The van der Waals surface area contributed by atoms with Crippen molar-refractivity contribution in [2.45, 2.75) is 13.1 Å². The Morgan fingerprint density at radius 3 is 2.50 bits per heavy atom.